The van der Waals surface area contributed by atoms with E-state index in [4.69, 9.17) is 18.9 Å². The van der Waals surface area contributed by atoms with Crippen molar-refractivity contribution >= 4 is 17.9 Å². The van der Waals surface area contributed by atoms with E-state index in [0.717, 1.165) is 167 Å². The van der Waals surface area contributed by atoms with Crippen molar-refractivity contribution in [3.63, 3.8) is 0 Å². The number of carboxylic acid groups (broad SMARTS) is 1. The maximum Gasteiger partial charge on any atom is 0.306 e. The average molecular weight is 1170 g/mol. The van der Waals surface area contributed by atoms with Gasteiger partial charge in [0.15, 0.2) is 12.4 Å². The number of unbranched alkanes of at least 4 members (excludes halogenated alkanes) is 13. The number of carboxylic acids is 1. The van der Waals surface area contributed by atoms with Gasteiger partial charge in [0, 0.05) is 12.8 Å². The van der Waals surface area contributed by atoms with Crippen LogP contribution in [-0.4, -0.2) is 82.3 Å². The van der Waals surface area contributed by atoms with Gasteiger partial charge < -0.3 is 33.3 Å². The summed E-state index contributed by atoms with van der Waals surface area (Å²) in [5.41, 5.74) is 0. The van der Waals surface area contributed by atoms with Gasteiger partial charge in [-0.15, -0.1) is 0 Å². The third-order valence-electron chi connectivity index (χ3n) is 13.1. The largest absolute Gasteiger partial charge is 0.545 e. The van der Waals surface area contributed by atoms with Crippen molar-refractivity contribution < 1.29 is 42.9 Å². The number of nitrogens with zero attached hydrogens (tertiary/aromatic N) is 1. The standard InChI is InChI=1S/C76H119NO8/c1-6-8-10-12-14-16-18-20-22-24-26-28-30-32-33-34-35-36-37-38-39-40-41-43-45-47-49-51-53-55-57-59-61-63-65-67-74(79)85-72(71-84-76(75(80)81)82-69-68-77(3,4)5)70-83-73(78)66-64-62-60-58-56-54-52-50-48-46-44-42-31-29-27-25-23-21-19-17-15-13-11-9-7-2/h8-11,14-17,20-23,26-29,32-33,35-36,38-39,41-44,47-50,72,76H,6-7,12-13,18-19,24-25,30-31,34,37,40,45-46,51-71H2,1-5H3/b10-8-,11-9-,16-14-,17-15-,22-20-,23-21-,28-26-,29-27-,33-32-,36-35-,39-38-,43-41-,44-42-,49-47-,50-48-. The molecular weight excluding hydrogens is 1050 g/mol. The Hall–Kier alpha value is -5.61. The third-order valence-corrected chi connectivity index (χ3v) is 13.1. The number of esters is 2. The predicted octanol–water partition coefficient (Wildman–Crippen LogP) is 19.1. The fourth-order valence-electron chi connectivity index (χ4n) is 8.18. The highest BCUT2D eigenvalue weighted by Crippen LogP contribution is 2.14. The lowest BCUT2D eigenvalue weighted by molar-refractivity contribution is -0.870. The summed E-state index contributed by atoms with van der Waals surface area (Å²) in [5, 5.41) is 11.8. The molecule has 476 valence electrons. The molecule has 9 nitrogen and oxygen atoms in total. The molecule has 0 aromatic rings. The number of rotatable bonds is 58. The predicted molar refractivity (Wildman–Crippen MR) is 361 cm³/mol. The van der Waals surface area contributed by atoms with Crippen molar-refractivity contribution in [2.75, 3.05) is 47.5 Å². The lowest BCUT2D eigenvalue weighted by Crippen LogP contribution is -2.44. The van der Waals surface area contributed by atoms with Crippen LogP contribution in [0.4, 0.5) is 0 Å². The summed E-state index contributed by atoms with van der Waals surface area (Å²) in [4.78, 5) is 37.4. The van der Waals surface area contributed by atoms with Crippen LogP contribution in [0.25, 0.3) is 0 Å². The van der Waals surface area contributed by atoms with Crippen LogP contribution in [0.5, 0.6) is 0 Å². The monoisotopic (exact) mass is 1170 g/mol. The zero-order valence-electron chi connectivity index (χ0n) is 54.1. The number of aliphatic carboxylic acids is 1. The first-order chi connectivity index (χ1) is 41.6. The third kappa shape index (κ3) is 65.8. The molecule has 2 unspecified atom stereocenters. The maximum absolute atomic E-state index is 12.9. The molecule has 0 spiro atoms. The van der Waals surface area contributed by atoms with E-state index in [1.807, 2.05) is 21.1 Å². The zero-order chi connectivity index (χ0) is 61.9. The summed E-state index contributed by atoms with van der Waals surface area (Å²) >= 11 is 0. The number of allylic oxidation sites excluding steroid dienone is 30. The molecule has 0 heterocycles. The molecule has 0 bridgehead atoms. The Morgan fingerprint density at radius 1 is 0.353 bits per heavy atom. The van der Waals surface area contributed by atoms with Crippen molar-refractivity contribution in [3.05, 3.63) is 182 Å². The minimum atomic E-state index is -1.64. The van der Waals surface area contributed by atoms with Gasteiger partial charge >= 0.3 is 11.9 Å². The fraction of sp³-hybridized carbons (Fsp3) is 0.566. The molecular formula is C76H119NO8. The zero-order valence-corrected chi connectivity index (χ0v) is 54.1. The van der Waals surface area contributed by atoms with Crippen LogP contribution in [-0.2, 0) is 33.3 Å². The molecule has 0 aliphatic rings. The number of carbonyl (C=O) groups excluding carboxylic acids is 3. The Balaban J connectivity index is 4.29. The van der Waals surface area contributed by atoms with Crippen LogP contribution in [0.15, 0.2) is 182 Å². The van der Waals surface area contributed by atoms with Gasteiger partial charge in [-0.1, -0.05) is 254 Å². The van der Waals surface area contributed by atoms with E-state index in [1.54, 1.807) is 0 Å². The molecule has 0 aromatic carbocycles. The smallest absolute Gasteiger partial charge is 0.306 e. The first-order valence-electron chi connectivity index (χ1n) is 32.9. The summed E-state index contributed by atoms with van der Waals surface area (Å²) in [6.07, 6.45) is 95.2. The maximum atomic E-state index is 12.9. The summed E-state index contributed by atoms with van der Waals surface area (Å²) in [6.45, 7) is 4.46. The van der Waals surface area contributed by atoms with Gasteiger partial charge in [-0.05, 0) is 135 Å². The van der Waals surface area contributed by atoms with E-state index in [1.165, 1.54) is 12.8 Å². The van der Waals surface area contributed by atoms with Crippen LogP contribution in [0.3, 0.4) is 0 Å². The molecule has 2 atom stereocenters. The minimum absolute atomic E-state index is 0.132. The second-order valence-corrected chi connectivity index (χ2v) is 22.3. The first kappa shape index (κ1) is 79.4. The Morgan fingerprint density at radius 2 is 0.635 bits per heavy atom. The normalized spacial score (nSPS) is 13.9. The second-order valence-electron chi connectivity index (χ2n) is 22.3. The van der Waals surface area contributed by atoms with E-state index >= 15 is 0 Å². The van der Waals surface area contributed by atoms with Gasteiger partial charge in [0.1, 0.15) is 13.2 Å². The number of carbonyl (C=O) groups is 3. The molecule has 85 heavy (non-hydrogen) atoms. The number of likely N-dealkylation sites (N-methyl/N-ethyl adjacent to an activating group) is 1. The number of hydrogen-bond donors (Lipinski definition) is 0. The highest BCUT2D eigenvalue weighted by atomic mass is 16.7. The van der Waals surface area contributed by atoms with Crippen molar-refractivity contribution in [2.45, 2.75) is 232 Å². The molecule has 0 rings (SSSR count). The molecule has 0 aliphatic heterocycles. The highest BCUT2D eigenvalue weighted by Gasteiger charge is 2.22. The Morgan fingerprint density at radius 3 is 0.941 bits per heavy atom. The van der Waals surface area contributed by atoms with E-state index in [-0.39, 0.29) is 38.6 Å². The molecule has 0 N–H and O–H groups in total. The number of ether oxygens (including phenoxy) is 4. The van der Waals surface area contributed by atoms with E-state index in [0.29, 0.717) is 23.9 Å². The van der Waals surface area contributed by atoms with Gasteiger partial charge in [0.25, 0.3) is 0 Å². The van der Waals surface area contributed by atoms with Gasteiger partial charge in [-0.2, -0.15) is 0 Å². The van der Waals surface area contributed by atoms with E-state index in [2.05, 4.69) is 196 Å². The van der Waals surface area contributed by atoms with Crippen molar-refractivity contribution in [1.82, 2.24) is 0 Å². The summed E-state index contributed by atoms with van der Waals surface area (Å²) in [5.74, 6) is -2.34. The van der Waals surface area contributed by atoms with Crippen LogP contribution in [0, 0.1) is 0 Å². The summed E-state index contributed by atoms with van der Waals surface area (Å²) in [6, 6.07) is 0. The number of quaternary nitrogens is 1. The van der Waals surface area contributed by atoms with Crippen LogP contribution in [0.2, 0.25) is 0 Å². The van der Waals surface area contributed by atoms with E-state index in [9.17, 15) is 19.5 Å². The van der Waals surface area contributed by atoms with Crippen LogP contribution in [0.1, 0.15) is 219 Å². The molecule has 9 heteroatoms. The van der Waals surface area contributed by atoms with Crippen molar-refractivity contribution in [3.8, 4) is 0 Å². The van der Waals surface area contributed by atoms with Gasteiger partial charge in [-0.25, -0.2) is 0 Å². The molecule has 0 amide bonds. The van der Waals surface area contributed by atoms with Gasteiger partial charge in [-0.3, -0.25) is 9.59 Å². The lowest BCUT2D eigenvalue weighted by Gasteiger charge is -2.26. The average Bonchev–Trinajstić information content (AvgIpc) is 3.48. The van der Waals surface area contributed by atoms with E-state index < -0.39 is 24.3 Å². The molecule has 0 aliphatic carbocycles. The topological polar surface area (TPSA) is 111 Å². The SMILES string of the molecule is CC/C=C\C/C=C\C/C=C\C/C=C\C/C=C\C/C=C\C/C=C\C/C=C\C/C=C\CCCCCCCCCC(=O)OC(COC(=O)CCCCCCCC/C=C\C/C=C\C/C=C\C/C=C\C/C=C\C/C=C\CC)COC(OCC[N+](C)(C)C)C(=O)[O-]. The lowest BCUT2D eigenvalue weighted by atomic mass is 10.1. The molecule has 0 fully saturated rings. The highest BCUT2D eigenvalue weighted by molar-refractivity contribution is 5.70. The van der Waals surface area contributed by atoms with Crippen LogP contribution >= 0.6 is 0 Å². The Labute approximate surface area is 519 Å². The summed E-state index contributed by atoms with van der Waals surface area (Å²) in [7, 11) is 5.90. The molecule has 0 radical (unpaired) electrons. The number of hydrogen-bond acceptors (Lipinski definition) is 8. The Kier molecular flexibility index (Phi) is 60.1. The summed E-state index contributed by atoms with van der Waals surface area (Å²) < 4.78 is 22.7. The van der Waals surface area contributed by atoms with Crippen molar-refractivity contribution in [2.24, 2.45) is 0 Å². The molecule has 0 aromatic heterocycles. The second kappa shape index (κ2) is 64.4. The Bertz CT molecular complexity index is 2050. The van der Waals surface area contributed by atoms with Gasteiger partial charge in [0.2, 0.25) is 0 Å². The first-order valence-corrected chi connectivity index (χ1v) is 32.9. The quantitative estimate of drug-likeness (QED) is 0.0195. The molecule has 0 saturated heterocycles. The van der Waals surface area contributed by atoms with Gasteiger partial charge in [0.05, 0.1) is 40.3 Å². The molecule has 0 saturated carbocycles. The fourth-order valence-corrected chi connectivity index (χ4v) is 8.18. The van der Waals surface area contributed by atoms with Crippen LogP contribution < -0.4 is 5.11 Å². The minimum Gasteiger partial charge on any atom is -0.545 e. The van der Waals surface area contributed by atoms with Crippen molar-refractivity contribution in [1.29, 1.82) is 0 Å².